The average Bonchev–Trinajstić information content (AvgIpc) is 2.05. The quantitative estimate of drug-likeness (QED) is 0.761. The van der Waals surface area contributed by atoms with Crippen molar-refractivity contribution in [3.63, 3.8) is 0 Å². The van der Waals surface area contributed by atoms with E-state index in [1.54, 1.807) is 12.1 Å². The molecule has 0 amide bonds. The van der Waals surface area contributed by atoms with E-state index in [0.717, 1.165) is 0 Å². The summed E-state index contributed by atoms with van der Waals surface area (Å²) in [6.45, 7) is -0.580. The topological polar surface area (TPSA) is 38.9 Å². The number of pyridine rings is 1. The fourth-order valence-corrected chi connectivity index (χ4v) is 0.807. The number of aromatic nitrogens is 1. The van der Waals surface area contributed by atoms with Gasteiger partial charge in [0.1, 0.15) is 11.8 Å². The van der Waals surface area contributed by atoms with Gasteiger partial charge in [0, 0.05) is 6.20 Å². The molecule has 2 nitrogen and oxygen atoms in total. The molecule has 12 heavy (non-hydrogen) atoms. The molecule has 68 valence electrons. The van der Waals surface area contributed by atoms with E-state index in [0.29, 0.717) is 10.7 Å². The number of hydrogen-bond donors (Lipinski definition) is 1. The third kappa shape index (κ3) is 2.93. The first-order valence-electron chi connectivity index (χ1n) is 3.17. The second-order valence-corrected chi connectivity index (χ2v) is 2.56. The summed E-state index contributed by atoms with van der Waals surface area (Å²) in [6.07, 6.45) is 1.48. The molecule has 1 rings (SSSR count). The maximum atomic E-state index is 12.0. The third-order valence-electron chi connectivity index (χ3n) is 1.34. The molecule has 5 heteroatoms. The number of nitrogens with two attached hydrogens (primary N) is 1. The highest BCUT2D eigenvalue weighted by molar-refractivity contribution is 6.29. The van der Waals surface area contributed by atoms with Crippen molar-refractivity contribution in [3.8, 4) is 0 Å². The van der Waals surface area contributed by atoms with E-state index < -0.39 is 12.7 Å². The van der Waals surface area contributed by atoms with Gasteiger partial charge in [0.2, 0.25) is 0 Å². The molecule has 0 radical (unpaired) electrons. The Labute approximate surface area is 81.3 Å². The molecular weight excluding hydrogens is 202 g/mol. The molecule has 0 saturated carbocycles. The van der Waals surface area contributed by atoms with Crippen LogP contribution in [0, 0.1) is 0 Å². The monoisotopic (exact) mass is 210 g/mol. The predicted octanol–water partition coefficient (Wildman–Crippen LogP) is 2.13. The molecule has 1 aromatic rings. The van der Waals surface area contributed by atoms with Crippen LogP contribution < -0.4 is 5.73 Å². The summed E-state index contributed by atoms with van der Waals surface area (Å²) in [5.74, 6) is 0. The van der Waals surface area contributed by atoms with Crippen LogP contribution in [0.3, 0.4) is 0 Å². The molecule has 0 unspecified atom stereocenters. The summed E-state index contributed by atoms with van der Waals surface area (Å²) in [5, 5.41) is 0.389. The SMILES string of the molecule is Cl.N[C@H](CF)c1ccc(Cl)nc1. The highest BCUT2D eigenvalue weighted by Crippen LogP contribution is 2.11. The van der Waals surface area contributed by atoms with Gasteiger partial charge in [-0.15, -0.1) is 12.4 Å². The molecule has 0 spiro atoms. The molecule has 1 atom stereocenters. The van der Waals surface area contributed by atoms with Crippen LogP contribution in [0.2, 0.25) is 5.15 Å². The molecular formula is C7H9Cl2FN2. The van der Waals surface area contributed by atoms with E-state index in [4.69, 9.17) is 17.3 Å². The smallest absolute Gasteiger partial charge is 0.129 e. The Hall–Kier alpha value is -0.380. The van der Waals surface area contributed by atoms with Crippen molar-refractivity contribution in [2.24, 2.45) is 5.73 Å². The van der Waals surface area contributed by atoms with Crippen LogP contribution in [-0.4, -0.2) is 11.7 Å². The highest BCUT2D eigenvalue weighted by Gasteiger charge is 2.04. The van der Waals surface area contributed by atoms with E-state index in [1.165, 1.54) is 6.20 Å². The van der Waals surface area contributed by atoms with Crippen molar-refractivity contribution in [2.45, 2.75) is 6.04 Å². The standard InChI is InChI=1S/C7H8ClFN2.ClH/c8-7-2-1-5(4-11-7)6(10)3-9;/h1-2,4,6H,3,10H2;1H/t6-;/m1./s1. The van der Waals surface area contributed by atoms with Gasteiger partial charge in [-0.3, -0.25) is 0 Å². The molecule has 1 aromatic heterocycles. The molecule has 0 aliphatic carbocycles. The first-order valence-corrected chi connectivity index (χ1v) is 3.55. The van der Waals surface area contributed by atoms with Gasteiger partial charge < -0.3 is 5.73 Å². The largest absolute Gasteiger partial charge is 0.322 e. The van der Waals surface area contributed by atoms with Crippen molar-refractivity contribution < 1.29 is 4.39 Å². The molecule has 0 fully saturated rings. The maximum Gasteiger partial charge on any atom is 0.129 e. The minimum Gasteiger partial charge on any atom is -0.322 e. The Morgan fingerprint density at radius 1 is 1.58 bits per heavy atom. The van der Waals surface area contributed by atoms with Gasteiger partial charge in [-0.2, -0.15) is 0 Å². The average molecular weight is 211 g/mol. The Morgan fingerprint density at radius 2 is 2.25 bits per heavy atom. The van der Waals surface area contributed by atoms with Crippen molar-refractivity contribution in [2.75, 3.05) is 6.67 Å². The van der Waals surface area contributed by atoms with Crippen molar-refractivity contribution >= 4 is 24.0 Å². The fraction of sp³-hybridized carbons (Fsp3) is 0.286. The summed E-state index contributed by atoms with van der Waals surface area (Å²) in [6, 6.07) is 2.67. The summed E-state index contributed by atoms with van der Waals surface area (Å²) < 4.78 is 12.0. The van der Waals surface area contributed by atoms with E-state index in [1.807, 2.05) is 0 Å². The Morgan fingerprint density at radius 3 is 2.67 bits per heavy atom. The zero-order chi connectivity index (χ0) is 8.27. The zero-order valence-electron chi connectivity index (χ0n) is 6.21. The van der Waals surface area contributed by atoms with Gasteiger partial charge in [-0.1, -0.05) is 17.7 Å². The van der Waals surface area contributed by atoms with Crippen molar-refractivity contribution in [3.05, 3.63) is 29.0 Å². The molecule has 2 N–H and O–H groups in total. The van der Waals surface area contributed by atoms with Gasteiger partial charge in [0.05, 0.1) is 6.04 Å². The van der Waals surface area contributed by atoms with Crippen molar-refractivity contribution in [1.29, 1.82) is 0 Å². The van der Waals surface area contributed by atoms with Crippen LogP contribution in [0.1, 0.15) is 11.6 Å². The van der Waals surface area contributed by atoms with Crippen LogP contribution in [0.4, 0.5) is 4.39 Å². The van der Waals surface area contributed by atoms with Crippen molar-refractivity contribution in [1.82, 2.24) is 4.98 Å². The Kier molecular flexibility index (Phi) is 5.13. The van der Waals surface area contributed by atoms with Crippen LogP contribution in [0.15, 0.2) is 18.3 Å². The van der Waals surface area contributed by atoms with Gasteiger partial charge in [0.15, 0.2) is 0 Å². The molecule has 0 saturated heterocycles. The molecule has 0 aliphatic rings. The van der Waals surface area contributed by atoms with Gasteiger partial charge in [-0.05, 0) is 11.6 Å². The molecule has 0 aromatic carbocycles. The van der Waals surface area contributed by atoms with E-state index in [2.05, 4.69) is 4.98 Å². The lowest BCUT2D eigenvalue weighted by Gasteiger charge is -2.05. The van der Waals surface area contributed by atoms with E-state index >= 15 is 0 Å². The minimum atomic E-state index is -0.584. The first kappa shape index (κ1) is 11.6. The number of hydrogen-bond acceptors (Lipinski definition) is 2. The lowest BCUT2D eigenvalue weighted by atomic mass is 10.1. The lowest BCUT2D eigenvalue weighted by molar-refractivity contribution is 0.436. The molecule has 1 heterocycles. The summed E-state index contributed by atoms with van der Waals surface area (Å²) in [4.78, 5) is 3.77. The van der Waals surface area contributed by atoms with E-state index in [-0.39, 0.29) is 12.4 Å². The van der Waals surface area contributed by atoms with E-state index in [9.17, 15) is 4.39 Å². The van der Waals surface area contributed by atoms with Crippen LogP contribution in [0.25, 0.3) is 0 Å². The predicted molar refractivity (Wildman–Crippen MR) is 49.4 cm³/mol. The number of alkyl halides is 1. The molecule has 0 bridgehead atoms. The first-order chi connectivity index (χ1) is 5.24. The summed E-state index contributed by atoms with van der Waals surface area (Å²) >= 11 is 5.51. The Bertz CT molecular complexity index is 227. The highest BCUT2D eigenvalue weighted by atomic mass is 35.5. The number of nitrogens with zero attached hydrogens (tertiary/aromatic N) is 1. The minimum absolute atomic E-state index is 0. The summed E-state index contributed by atoms with van der Waals surface area (Å²) in [5.41, 5.74) is 6.05. The van der Waals surface area contributed by atoms with Gasteiger partial charge >= 0.3 is 0 Å². The fourth-order valence-electron chi connectivity index (χ4n) is 0.696. The van der Waals surface area contributed by atoms with Crippen LogP contribution in [0.5, 0.6) is 0 Å². The number of halogens is 3. The van der Waals surface area contributed by atoms with Crippen LogP contribution >= 0.6 is 24.0 Å². The third-order valence-corrected chi connectivity index (χ3v) is 1.57. The van der Waals surface area contributed by atoms with Gasteiger partial charge in [0.25, 0.3) is 0 Å². The lowest BCUT2D eigenvalue weighted by Crippen LogP contribution is -2.12. The van der Waals surface area contributed by atoms with Gasteiger partial charge in [-0.25, -0.2) is 9.37 Å². The van der Waals surface area contributed by atoms with Crippen LogP contribution in [-0.2, 0) is 0 Å². The second kappa shape index (κ2) is 5.30. The Balaban J connectivity index is 0.00000121. The normalized spacial score (nSPS) is 11.9. The maximum absolute atomic E-state index is 12.0. The molecule has 0 aliphatic heterocycles. The second-order valence-electron chi connectivity index (χ2n) is 2.18. The zero-order valence-corrected chi connectivity index (χ0v) is 7.78. The number of rotatable bonds is 2. The summed E-state index contributed by atoms with van der Waals surface area (Å²) in [7, 11) is 0.